The summed E-state index contributed by atoms with van der Waals surface area (Å²) >= 11 is 0. The summed E-state index contributed by atoms with van der Waals surface area (Å²) in [6.07, 6.45) is 0. The molecule has 4 rings (SSSR count). The highest BCUT2D eigenvalue weighted by atomic mass is 16.3. The number of hydrogen-bond acceptors (Lipinski definition) is 4. The summed E-state index contributed by atoms with van der Waals surface area (Å²) in [7, 11) is 2.17. The number of piperazine rings is 1. The molecule has 0 saturated carbocycles. The maximum atomic E-state index is 12.9. The van der Waals surface area contributed by atoms with Crippen molar-refractivity contribution in [1.29, 1.82) is 0 Å². The number of benzene rings is 2. The molecule has 1 N–H and O–H groups in total. The molecule has 0 aliphatic carbocycles. The lowest BCUT2D eigenvalue weighted by Crippen LogP contribution is -2.43. The van der Waals surface area contributed by atoms with Gasteiger partial charge in [0.15, 0.2) is 0 Å². The molecule has 0 aromatic heterocycles. The molecule has 2 aromatic carbocycles. The van der Waals surface area contributed by atoms with Crippen LogP contribution >= 0.6 is 0 Å². The number of phenols is 1. The van der Waals surface area contributed by atoms with Gasteiger partial charge < -0.3 is 14.9 Å². The van der Waals surface area contributed by atoms with Gasteiger partial charge in [-0.25, -0.2) is 0 Å². The van der Waals surface area contributed by atoms with Crippen molar-refractivity contribution in [3.05, 3.63) is 64.2 Å². The van der Waals surface area contributed by atoms with E-state index in [1.807, 2.05) is 24.0 Å². The van der Waals surface area contributed by atoms with Crippen molar-refractivity contribution in [2.75, 3.05) is 33.2 Å². The fourth-order valence-corrected chi connectivity index (χ4v) is 4.11. The molecule has 2 heterocycles. The van der Waals surface area contributed by atoms with E-state index >= 15 is 0 Å². The van der Waals surface area contributed by atoms with Gasteiger partial charge in [-0.2, -0.15) is 0 Å². The van der Waals surface area contributed by atoms with Crippen molar-refractivity contribution in [2.45, 2.75) is 26.6 Å². The van der Waals surface area contributed by atoms with E-state index in [2.05, 4.69) is 29.0 Å². The number of carbonyl (C=O) groups is 1. The SMILES string of the molecule is Cc1cc(CN2CCN(C)CC2)cc2c1C(=O)N(Cc1ccc(O)cc1)C2. The fraction of sp³-hybridized carbons (Fsp3) is 0.409. The van der Waals surface area contributed by atoms with Crippen LogP contribution in [0.15, 0.2) is 36.4 Å². The topological polar surface area (TPSA) is 47.0 Å². The van der Waals surface area contributed by atoms with Gasteiger partial charge in [0.1, 0.15) is 5.75 Å². The molecule has 2 aromatic rings. The maximum absolute atomic E-state index is 12.9. The van der Waals surface area contributed by atoms with Crippen LogP contribution < -0.4 is 0 Å². The number of phenolic OH excluding ortho intramolecular Hbond substituents is 1. The van der Waals surface area contributed by atoms with Crippen molar-refractivity contribution in [3.63, 3.8) is 0 Å². The molecule has 5 heteroatoms. The summed E-state index contributed by atoms with van der Waals surface area (Å²) in [4.78, 5) is 19.6. The number of amides is 1. The first kappa shape index (κ1) is 18.0. The van der Waals surface area contributed by atoms with Crippen molar-refractivity contribution < 1.29 is 9.90 Å². The van der Waals surface area contributed by atoms with Crippen molar-refractivity contribution in [1.82, 2.24) is 14.7 Å². The number of nitrogens with zero attached hydrogens (tertiary/aromatic N) is 3. The molecular weight excluding hydrogens is 338 g/mol. The second-order valence-corrected chi connectivity index (χ2v) is 7.85. The summed E-state index contributed by atoms with van der Waals surface area (Å²) < 4.78 is 0. The van der Waals surface area contributed by atoms with E-state index in [4.69, 9.17) is 0 Å². The normalized spacial score (nSPS) is 18.1. The van der Waals surface area contributed by atoms with Gasteiger partial charge in [0.25, 0.3) is 5.91 Å². The molecule has 0 radical (unpaired) electrons. The Labute approximate surface area is 160 Å². The number of aryl methyl sites for hydroxylation is 1. The van der Waals surface area contributed by atoms with Crippen LogP contribution in [0.1, 0.15) is 32.6 Å². The van der Waals surface area contributed by atoms with Crippen LogP contribution in [0.4, 0.5) is 0 Å². The standard InChI is InChI=1S/C22H27N3O2/c1-16-11-18(13-24-9-7-23(2)8-10-24)12-19-15-25(22(27)21(16)19)14-17-3-5-20(26)6-4-17/h3-6,11-12,26H,7-10,13-15H2,1-2H3. The molecule has 0 atom stereocenters. The number of fused-ring (bicyclic) bond motifs is 1. The van der Waals surface area contributed by atoms with Crippen molar-refractivity contribution in [3.8, 4) is 5.75 Å². The lowest BCUT2D eigenvalue weighted by atomic mass is 10.00. The Balaban J connectivity index is 1.49. The third kappa shape index (κ3) is 3.84. The number of hydrogen-bond donors (Lipinski definition) is 1. The minimum absolute atomic E-state index is 0.113. The summed E-state index contributed by atoms with van der Waals surface area (Å²) in [6.45, 7) is 8.65. The Morgan fingerprint density at radius 3 is 2.37 bits per heavy atom. The molecule has 5 nitrogen and oxygen atoms in total. The highest BCUT2D eigenvalue weighted by molar-refractivity contribution is 5.99. The molecule has 1 amide bonds. The molecule has 142 valence electrons. The van der Waals surface area contributed by atoms with Crippen LogP contribution in [-0.4, -0.2) is 58.9 Å². The van der Waals surface area contributed by atoms with Crippen LogP contribution in [0, 0.1) is 6.92 Å². The highest BCUT2D eigenvalue weighted by Crippen LogP contribution is 2.29. The maximum Gasteiger partial charge on any atom is 0.255 e. The Morgan fingerprint density at radius 2 is 1.67 bits per heavy atom. The third-order valence-electron chi connectivity index (χ3n) is 5.65. The highest BCUT2D eigenvalue weighted by Gasteiger charge is 2.29. The van der Waals surface area contributed by atoms with Crippen molar-refractivity contribution >= 4 is 5.91 Å². The quantitative estimate of drug-likeness (QED) is 0.905. The molecule has 0 spiro atoms. The van der Waals surface area contributed by atoms with E-state index in [1.54, 1.807) is 12.1 Å². The molecule has 2 aliphatic rings. The van der Waals surface area contributed by atoms with E-state index in [0.29, 0.717) is 13.1 Å². The third-order valence-corrected chi connectivity index (χ3v) is 5.65. The molecule has 27 heavy (non-hydrogen) atoms. The summed E-state index contributed by atoms with van der Waals surface area (Å²) in [5.41, 5.74) is 5.42. The summed E-state index contributed by atoms with van der Waals surface area (Å²) in [5, 5.41) is 9.44. The van der Waals surface area contributed by atoms with Crippen LogP contribution in [0.3, 0.4) is 0 Å². The minimum Gasteiger partial charge on any atom is -0.508 e. The Kier molecular flexibility index (Phi) is 4.89. The first-order valence-electron chi connectivity index (χ1n) is 9.60. The Hall–Kier alpha value is -2.37. The first-order chi connectivity index (χ1) is 13.0. The Morgan fingerprint density at radius 1 is 0.963 bits per heavy atom. The largest absolute Gasteiger partial charge is 0.508 e. The van der Waals surface area contributed by atoms with Gasteiger partial charge in [0, 0.05) is 51.4 Å². The number of aromatic hydroxyl groups is 1. The number of rotatable bonds is 4. The van der Waals surface area contributed by atoms with E-state index in [1.165, 1.54) is 5.56 Å². The second-order valence-electron chi connectivity index (χ2n) is 7.85. The van der Waals surface area contributed by atoms with Gasteiger partial charge in [-0.15, -0.1) is 0 Å². The van der Waals surface area contributed by atoms with Gasteiger partial charge in [-0.05, 0) is 48.4 Å². The summed E-state index contributed by atoms with van der Waals surface area (Å²) in [5.74, 6) is 0.362. The van der Waals surface area contributed by atoms with Gasteiger partial charge in [0.2, 0.25) is 0 Å². The average Bonchev–Trinajstić information content (AvgIpc) is 2.95. The average molecular weight is 365 g/mol. The van der Waals surface area contributed by atoms with E-state index in [-0.39, 0.29) is 11.7 Å². The zero-order valence-corrected chi connectivity index (χ0v) is 16.1. The van der Waals surface area contributed by atoms with Gasteiger partial charge in [-0.1, -0.05) is 24.3 Å². The zero-order valence-electron chi connectivity index (χ0n) is 16.1. The fourth-order valence-electron chi connectivity index (χ4n) is 4.11. The summed E-state index contributed by atoms with van der Waals surface area (Å²) in [6, 6.07) is 11.5. The molecule has 0 bridgehead atoms. The lowest BCUT2D eigenvalue weighted by molar-refractivity contribution is 0.0766. The van der Waals surface area contributed by atoms with Gasteiger partial charge >= 0.3 is 0 Å². The van der Waals surface area contributed by atoms with Crippen LogP contribution in [0.25, 0.3) is 0 Å². The first-order valence-corrected chi connectivity index (χ1v) is 9.60. The molecule has 1 saturated heterocycles. The predicted molar refractivity (Wildman–Crippen MR) is 106 cm³/mol. The van der Waals surface area contributed by atoms with Gasteiger partial charge in [-0.3, -0.25) is 9.69 Å². The van der Waals surface area contributed by atoms with Crippen molar-refractivity contribution in [2.24, 2.45) is 0 Å². The monoisotopic (exact) mass is 365 g/mol. The number of carbonyl (C=O) groups excluding carboxylic acids is 1. The van der Waals surface area contributed by atoms with E-state index in [9.17, 15) is 9.90 Å². The van der Waals surface area contributed by atoms with E-state index in [0.717, 1.165) is 55.0 Å². The molecule has 0 unspecified atom stereocenters. The van der Waals surface area contributed by atoms with Gasteiger partial charge in [0.05, 0.1) is 0 Å². The Bertz CT molecular complexity index is 839. The van der Waals surface area contributed by atoms with Crippen LogP contribution in [0.2, 0.25) is 0 Å². The molecular formula is C22H27N3O2. The smallest absolute Gasteiger partial charge is 0.255 e. The second kappa shape index (κ2) is 7.33. The molecule has 2 aliphatic heterocycles. The molecule has 1 fully saturated rings. The number of likely N-dealkylation sites (N-methyl/N-ethyl adjacent to an activating group) is 1. The minimum atomic E-state index is 0.113. The lowest BCUT2D eigenvalue weighted by Gasteiger charge is -2.32. The van der Waals surface area contributed by atoms with Crippen LogP contribution in [0.5, 0.6) is 5.75 Å². The van der Waals surface area contributed by atoms with Crippen LogP contribution in [-0.2, 0) is 19.6 Å². The predicted octanol–water partition coefficient (Wildman–Crippen LogP) is 2.60. The van der Waals surface area contributed by atoms with E-state index < -0.39 is 0 Å². The zero-order chi connectivity index (χ0) is 19.0.